The first kappa shape index (κ1) is 19.1. The van der Waals surface area contributed by atoms with Gasteiger partial charge < -0.3 is 30.3 Å². The van der Waals surface area contributed by atoms with Gasteiger partial charge >= 0.3 is 0 Å². The van der Waals surface area contributed by atoms with Gasteiger partial charge in [-0.1, -0.05) is 18.2 Å². The van der Waals surface area contributed by atoms with E-state index in [1.54, 1.807) is 0 Å². The van der Waals surface area contributed by atoms with Gasteiger partial charge in [0.25, 0.3) is 0 Å². The number of ether oxygens (including phenoxy) is 1. The molecule has 0 bridgehead atoms. The summed E-state index contributed by atoms with van der Waals surface area (Å²) in [6.45, 7) is 0.581. The van der Waals surface area contributed by atoms with Crippen LogP contribution in [0.2, 0.25) is 0 Å². The van der Waals surface area contributed by atoms with Gasteiger partial charge in [-0.05, 0) is 31.4 Å². The monoisotopic (exact) mass is 341 g/mol. The Morgan fingerprint density at radius 1 is 0.875 bits per heavy atom. The van der Waals surface area contributed by atoms with Crippen molar-refractivity contribution in [3.63, 3.8) is 0 Å². The Kier molecular flexibility index (Phi) is 7.41. The Morgan fingerprint density at radius 2 is 1.58 bits per heavy atom. The van der Waals surface area contributed by atoms with Crippen molar-refractivity contribution in [1.29, 1.82) is 0 Å². The van der Waals surface area contributed by atoms with E-state index in [4.69, 9.17) is 4.74 Å². The standard InChI is InChI=1S/C17H27NO6/c19-11-13-14(20)15(21)16(22)17(23)18(13)9-5-2-6-10-24-12-7-3-1-4-8-12/h1,3-4,7-8,13-17,19-23H,2,5-6,9-11H2/t13-,14-,15+,16-,17?/m1/s1. The minimum atomic E-state index is -1.47. The van der Waals surface area contributed by atoms with Gasteiger partial charge in [0.1, 0.15) is 30.3 Å². The number of likely N-dealkylation sites (tertiary alicyclic amines) is 1. The van der Waals surface area contributed by atoms with Crippen molar-refractivity contribution in [1.82, 2.24) is 4.90 Å². The van der Waals surface area contributed by atoms with Gasteiger partial charge in [0.2, 0.25) is 0 Å². The third-order valence-electron chi connectivity index (χ3n) is 4.42. The van der Waals surface area contributed by atoms with E-state index in [1.165, 1.54) is 4.90 Å². The van der Waals surface area contributed by atoms with Crippen molar-refractivity contribution < 1.29 is 30.3 Å². The van der Waals surface area contributed by atoms with E-state index in [-0.39, 0.29) is 0 Å². The van der Waals surface area contributed by atoms with E-state index < -0.39 is 37.2 Å². The maximum Gasteiger partial charge on any atom is 0.136 e. The van der Waals surface area contributed by atoms with Gasteiger partial charge in [-0.3, -0.25) is 4.90 Å². The molecular formula is C17H27NO6. The molecule has 1 aromatic rings. The molecule has 24 heavy (non-hydrogen) atoms. The van der Waals surface area contributed by atoms with Crippen LogP contribution in [0.4, 0.5) is 0 Å². The number of nitrogens with zero attached hydrogens (tertiary/aromatic N) is 1. The van der Waals surface area contributed by atoms with Gasteiger partial charge in [0, 0.05) is 6.54 Å². The van der Waals surface area contributed by atoms with E-state index in [0.29, 0.717) is 19.6 Å². The molecule has 0 radical (unpaired) electrons. The van der Waals surface area contributed by atoms with Gasteiger partial charge in [0.15, 0.2) is 0 Å². The molecule has 1 aliphatic rings. The number of hydrogen-bond donors (Lipinski definition) is 5. The molecule has 1 saturated heterocycles. The summed E-state index contributed by atoms with van der Waals surface area (Å²) in [5, 5.41) is 48.8. The molecule has 0 spiro atoms. The zero-order valence-electron chi connectivity index (χ0n) is 13.6. The molecule has 2 rings (SSSR count). The molecule has 136 valence electrons. The fourth-order valence-corrected chi connectivity index (χ4v) is 2.99. The maximum absolute atomic E-state index is 10.0. The van der Waals surface area contributed by atoms with Crippen molar-refractivity contribution in [3.8, 4) is 5.75 Å². The average molecular weight is 341 g/mol. The number of unbranched alkanes of at least 4 members (excludes halogenated alkanes) is 2. The first-order valence-electron chi connectivity index (χ1n) is 8.33. The fraction of sp³-hybridized carbons (Fsp3) is 0.647. The number of aliphatic hydroxyl groups is 5. The van der Waals surface area contributed by atoms with Crippen LogP contribution < -0.4 is 4.74 Å². The quantitative estimate of drug-likeness (QED) is 0.398. The lowest BCUT2D eigenvalue weighted by Gasteiger charge is -2.46. The molecule has 1 unspecified atom stereocenters. The third-order valence-corrected chi connectivity index (χ3v) is 4.42. The summed E-state index contributed by atoms with van der Waals surface area (Å²) in [7, 11) is 0. The van der Waals surface area contributed by atoms with Crippen LogP contribution in [0, 0.1) is 0 Å². The van der Waals surface area contributed by atoms with Crippen LogP contribution in [-0.4, -0.2) is 80.8 Å². The largest absolute Gasteiger partial charge is 0.494 e. The summed E-state index contributed by atoms with van der Waals surface area (Å²) in [5.74, 6) is 0.824. The van der Waals surface area contributed by atoms with Gasteiger partial charge in [-0.15, -0.1) is 0 Å². The normalized spacial score (nSPS) is 31.1. The minimum absolute atomic E-state index is 0.401. The molecule has 1 aliphatic heterocycles. The first-order valence-corrected chi connectivity index (χ1v) is 8.33. The van der Waals surface area contributed by atoms with Crippen molar-refractivity contribution >= 4 is 0 Å². The predicted molar refractivity (Wildman–Crippen MR) is 87.4 cm³/mol. The number of rotatable bonds is 8. The van der Waals surface area contributed by atoms with Gasteiger partial charge in [-0.25, -0.2) is 0 Å². The van der Waals surface area contributed by atoms with Crippen LogP contribution in [0.3, 0.4) is 0 Å². The number of benzene rings is 1. The second kappa shape index (κ2) is 9.31. The number of para-hydroxylation sites is 1. The molecule has 0 amide bonds. The smallest absolute Gasteiger partial charge is 0.136 e. The summed E-state index contributed by atoms with van der Waals surface area (Å²) in [4.78, 5) is 1.44. The van der Waals surface area contributed by atoms with Crippen LogP contribution in [0.25, 0.3) is 0 Å². The van der Waals surface area contributed by atoms with E-state index >= 15 is 0 Å². The Hall–Kier alpha value is -1.22. The molecule has 7 heteroatoms. The number of aliphatic hydroxyl groups excluding tert-OH is 5. The average Bonchev–Trinajstić information content (AvgIpc) is 2.61. The van der Waals surface area contributed by atoms with E-state index in [2.05, 4.69) is 0 Å². The van der Waals surface area contributed by atoms with Crippen molar-refractivity contribution in [3.05, 3.63) is 30.3 Å². The van der Waals surface area contributed by atoms with E-state index in [9.17, 15) is 25.5 Å². The molecule has 5 N–H and O–H groups in total. The van der Waals surface area contributed by atoms with Gasteiger partial charge in [0.05, 0.1) is 19.3 Å². The molecule has 5 atom stereocenters. The minimum Gasteiger partial charge on any atom is -0.494 e. The Bertz CT molecular complexity index is 473. The molecule has 0 aliphatic carbocycles. The van der Waals surface area contributed by atoms with Crippen LogP contribution >= 0.6 is 0 Å². The summed E-state index contributed by atoms with van der Waals surface area (Å²) in [5.41, 5.74) is 0. The summed E-state index contributed by atoms with van der Waals surface area (Å²) >= 11 is 0. The van der Waals surface area contributed by atoms with E-state index in [1.807, 2.05) is 30.3 Å². The lowest BCUT2D eigenvalue weighted by molar-refractivity contribution is -0.222. The number of hydrogen-bond acceptors (Lipinski definition) is 7. The summed E-state index contributed by atoms with van der Waals surface area (Å²) < 4.78 is 5.59. The highest BCUT2D eigenvalue weighted by Crippen LogP contribution is 2.23. The second-order valence-corrected chi connectivity index (χ2v) is 6.10. The topological polar surface area (TPSA) is 114 Å². The zero-order valence-corrected chi connectivity index (χ0v) is 13.6. The predicted octanol–water partition coefficient (Wildman–Crippen LogP) is -0.687. The first-order chi connectivity index (χ1) is 11.6. The molecule has 1 aromatic carbocycles. The fourth-order valence-electron chi connectivity index (χ4n) is 2.99. The molecule has 1 fully saturated rings. The molecule has 0 aromatic heterocycles. The SMILES string of the molecule is OC[C@@H]1[C@@H](O)[C@H](O)[C@@H](O)C(O)N1CCCCCOc1ccccc1. The molecule has 1 heterocycles. The Labute approximate surface area is 141 Å². The molecule has 0 saturated carbocycles. The Balaban J connectivity index is 1.72. The molecular weight excluding hydrogens is 314 g/mol. The lowest BCUT2D eigenvalue weighted by Crippen LogP contribution is -2.67. The molecule has 7 nitrogen and oxygen atoms in total. The van der Waals surface area contributed by atoms with Crippen molar-refractivity contribution in [2.24, 2.45) is 0 Å². The van der Waals surface area contributed by atoms with Crippen LogP contribution in [0.1, 0.15) is 19.3 Å². The highest BCUT2D eigenvalue weighted by molar-refractivity contribution is 5.20. The zero-order chi connectivity index (χ0) is 17.5. The highest BCUT2D eigenvalue weighted by Gasteiger charge is 2.46. The Morgan fingerprint density at radius 3 is 2.25 bits per heavy atom. The maximum atomic E-state index is 10.0. The third kappa shape index (κ3) is 4.66. The number of piperidine rings is 1. The van der Waals surface area contributed by atoms with Crippen molar-refractivity contribution in [2.75, 3.05) is 19.8 Å². The highest BCUT2D eigenvalue weighted by atomic mass is 16.5. The second-order valence-electron chi connectivity index (χ2n) is 6.10. The van der Waals surface area contributed by atoms with E-state index in [0.717, 1.165) is 18.6 Å². The van der Waals surface area contributed by atoms with Crippen LogP contribution in [-0.2, 0) is 0 Å². The van der Waals surface area contributed by atoms with Gasteiger partial charge in [-0.2, -0.15) is 0 Å². The summed E-state index contributed by atoms with van der Waals surface area (Å²) in [6, 6.07) is 8.74. The lowest BCUT2D eigenvalue weighted by atomic mass is 9.92. The van der Waals surface area contributed by atoms with Crippen molar-refractivity contribution in [2.45, 2.75) is 49.8 Å². The van der Waals surface area contributed by atoms with Crippen LogP contribution in [0.5, 0.6) is 5.75 Å². The summed E-state index contributed by atoms with van der Waals surface area (Å²) in [6.07, 6.45) is -3.14. The van der Waals surface area contributed by atoms with Crippen LogP contribution in [0.15, 0.2) is 30.3 Å².